The minimum absolute atomic E-state index is 0.0917. The molecule has 140 valence electrons. The lowest BCUT2D eigenvalue weighted by Crippen LogP contribution is -2.34. The molecule has 2 amide bonds. The number of carbonyl (C=O) groups is 3. The maximum Gasteiger partial charge on any atom is 0.335 e. The van der Waals surface area contributed by atoms with Crippen LogP contribution in [-0.2, 0) is 16.1 Å². The highest BCUT2D eigenvalue weighted by molar-refractivity contribution is 6.30. The summed E-state index contributed by atoms with van der Waals surface area (Å²) in [6, 6.07) is 13.1. The lowest BCUT2D eigenvalue weighted by Gasteiger charge is -2.25. The van der Waals surface area contributed by atoms with Gasteiger partial charge < -0.3 is 15.3 Å². The number of benzene rings is 2. The Balaban J connectivity index is 1.72. The van der Waals surface area contributed by atoms with Gasteiger partial charge in [0.2, 0.25) is 11.8 Å². The Labute approximate surface area is 161 Å². The van der Waals surface area contributed by atoms with E-state index >= 15 is 0 Å². The SMILES string of the molecule is CN1C(=O)CC(C(=O)NCc2ccc(C(=O)O)cc2)C1c1cccc(Cl)c1. The molecule has 7 heteroatoms. The number of hydrogen-bond acceptors (Lipinski definition) is 3. The van der Waals surface area contributed by atoms with Crippen LogP contribution in [-0.4, -0.2) is 34.8 Å². The van der Waals surface area contributed by atoms with Gasteiger partial charge >= 0.3 is 5.97 Å². The van der Waals surface area contributed by atoms with Crippen molar-refractivity contribution in [3.8, 4) is 0 Å². The first-order chi connectivity index (χ1) is 12.9. The van der Waals surface area contributed by atoms with Gasteiger partial charge in [-0.2, -0.15) is 0 Å². The molecule has 3 rings (SSSR count). The summed E-state index contributed by atoms with van der Waals surface area (Å²) >= 11 is 6.07. The van der Waals surface area contributed by atoms with E-state index in [1.54, 1.807) is 42.3 Å². The van der Waals surface area contributed by atoms with Gasteiger partial charge in [-0.15, -0.1) is 0 Å². The van der Waals surface area contributed by atoms with Gasteiger partial charge in [-0.3, -0.25) is 9.59 Å². The molecule has 1 aliphatic heterocycles. The average Bonchev–Trinajstić information content (AvgIpc) is 2.95. The summed E-state index contributed by atoms with van der Waals surface area (Å²) in [6.07, 6.45) is 0.136. The number of rotatable bonds is 5. The molecule has 2 unspecified atom stereocenters. The van der Waals surface area contributed by atoms with E-state index in [0.717, 1.165) is 11.1 Å². The molecule has 27 heavy (non-hydrogen) atoms. The topological polar surface area (TPSA) is 86.7 Å². The summed E-state index contributed by atoms with van der Waals surface area (Å²) < 4.78 is 0. The van der Waals surface area contributed by atoms with Crippen molar-refractivity contribution in [3.05, 3.63) is 70.2 Å². The number of nitrogens with one attached hydrogen (secondary N) is 1. The molecule has 0 aliphatic carbocycles. The Hall–Kier alpha value is -2.86. The molecule has 0 radical (unpaired) electrons. The molecule has 0 saturated carbocycles. The number of nitrogens with zero attached hydrogens (tertiary/aromatic N) is 1. The number of amides is 2. The molecule has 2 atom stereocenters. The van der Waals surface area contributed by atoms with Crippen molar-refractivity contribution in [1.29, 1.82) is 0 Å². The van der Waals surface area contributed by atoms with Crippen LogP contribution in [0.25, 0.3) is 0 Å². The third-order valence-corrected chi connectivity index (χ3v) is 5.02. The molecule has 1 heterocycles. The number of carbonyl (C=O) groups excluding carboxylic acids is 2. The van der Waals surface area contributed by atoms with E-state index in [-0.39, 0.29) is 36.4 Å². The Morgan fingerprint density at radius 3 is 2.56 bits per heavy atom. The Kier molecular flexibility index (Phi) is 5.46. The number of halogens is 1. The molecule has 1 aliphatic rings. The summed E-state index contributed by atoms with van der Waals surface area (Å²) in [6.45, 7) is 0.259. The summed E-state index contributed by atoms with van der Waals surface area (Å²) in [5, 5.41) is 12.3. The zero-order chi connectivity index (χ0) is 19.6. The normalized spacial score (nSPS) is 19.2. The van der Waals surface area contributed by atoms with Gasteiger partial charge in [-0.25, -0.2) is 4.79 Å². The van der Waals surface area contributed by atoms with Crippen LogP contribution in [0.4, 0.5) is 0 Å². The van der Waals surface area contributed by atoms with Gasteiger partial charge in [-0.05, 0) is 35.4 Å². The van der Waals surface area contributed by atoms with Crippen LogP contribution in [0, 0.1) is 5.92 Å². The highest BCUT2D eigenvalue weighted by Crippen LogP contribution is 2.37. The van der Waals surface area contributed by atoms with E-state index in [0.29, 0.717) is 5.02 Å². The highest BCUT2D eigenvalue weighted by Gasteiger charge is 2.42. The van der Waals surface area contributed by atoms with E-state index in [1.165, 1.54) is 12.1 Å². The van der Waals surface area contributed by atoms with Crippen LogP contribution >= 0.6 is 11.6 Å². The fourth-order valence-corrected chi connectivity index (χ4v) is 3.54. The minimum atomic E-state index is -0.998. The first-order valence-electron chi connectivity index (χ1n) is 8.48. The molecular formula is C20H19ClN2O4. The lowest BCUT2D eigenvalue weighted by atomic mass is 9.93. The maximum atomic E-state index is 12.7. The average molecular weight is 387 g/mol. The van der Waals surface area contributed by atoms with Crippen LogP contribution in [0.15, 0.2) is 48.5 Å². The number of likely N-dealkylation sites (tertiary alicyclic amines) is 1. The van der Waals surface area contributed by atoms with Crippen molar-refractivity contribution in [2.75, 3.05) is 7.05 Å². The number of aromatic carboxylic acids is 1. The Bertz CT molecular complexity index is 882. The molecular weight excluding hydrogens is 368 g/mol. The fourth-order valence-electron chi connectivity index (χ4n) is 3.34. The zero-order valence-corrected chi connectivity index (χ0v) is 15.4. The Morgan fingerprint density at radius 2 is 1.93 bits per heavy atom. The number of hydrogen-bond donors (Lipinski definition) is 2. The molecule has 2 aromatic rings. The molecule has 0 spiro atoms. The molecule has 1 fully saturated rings. The van der Waals surface area contributed by atoms with Crippen molar-refractivity contribution in [1.82, 2.24) is 10.2 Å². The van der Waals surface area contributed by atoms with E-state index in [4.69, 9.17) is 16.7 Å². The molecule has 2 N–H and O–H groups in total. The molecule has 1 saturated heterocycles. The molecule has 2 aromatic carbocycles. The van der Waals surface area contributed by atoms with Crippen molar-refractivity contribution in [3.63, 3.8) is 0 Å². The zero-order valence-electron chi connectivity index (χ0n) is 14.7. The van der Waals surface area contributed by atoms with Gasteiger partial charge in [0, 0.05) is 25.0 Å². The fraction of sp³-hybridized carbons (Fsp3) is 0.250. The van der Waals surface area contributed by atoms with Crippen LogP contribution in [0.2, 0.25) is 5.02 Å². The van der Waals surface area contributed by atoms with Crippen LogP contribution < -0.4 is 5.32 Å². The predicted octanol–water partition coefficient (Wildman–Crippen LogP) is 2.87. The second kappa shape index (κ2) is 7.80. The molecule has 0 aromatic heterocycles. The van der Waals surface area contributed by atoms with Crippen molar-refractivity contribution in [2.24, 2.45) is 5.92 Å². The third-order valence-electron chi connectivity index (χ3n) is 4.78. The van der Waals surface area contributed by atoms with Gasteiger partial charge in [-0.1, -0.05) is 35.9 Å². The highest BCUT2D eigenvalue weighted by atomic mass is 35.5. The van der Waals surface area contributed by atoms with E-state index in [1.807, 2.05) is 6.07 Å². The first kappa shape index (κ1) is 18.9. The second-order valence-electron chi connectivity index (χ2n) is 6.53. The molecule has 0 bridgehead atoms. The predicted molar refractivity (Wildman–Crippen MR) is 100 cm³/mol. The van der Waals surface area contributed by atoms with Crippen LogP contribution in [0.1, 0.15) is 33.9 Å². The lowest BCUT2D eigenvalue weighted by molar-refractivity contribution is -0.128. The standard InChI is InChI=1S/C20H19ClN2O4/c1-23-17(24)10-16(18(23)14-3-2-4-15(21)9-14)19(25)22-11-12-5-7-13(8-6-12)20(26)27/h2-9,16,18H,10-11H2,1H3,(H,22,25)(H,26,27). The number of carboxylic acid groups (broad SMARTS) is 1. The number of carboxylic acids is 1. The summed E-state index contributed by atoms with van der Waals surface area (Å²) in [4.78, 5) is 37.4. The Morgan fingerprint density at radius 1 is 1.22 bits per heavy atom. The minimum Gasteiger partial charge on any atom is -0.478 e. The quantitative estimate of drug-likeness (QED) is 0.827. The van der Waals surface area contributed by atoms with E-state index in [2.05, 4.69) is 5.32 Å². The monoisotopic (exact) mass is 386 g/mol. The first-order valence-corrected chi connectivity index (χ1v) is 8.85. The van der Waals surface area contributed by atoms with Crippen molar-refractivity contribution >= 4 is 29.4 Å². The maximum absolute atomic E-state index is 12.7. The van der Waals surface area contributed by atoms with Gasteiger partial charge in [0.25, 0.3) is 0 Å². The van der Waals surface area contributed by atoms with Gasteiger partial charge in [0.05, 0.1) is 17.5 Å². The van der Waals surface area contributed by atoms with Crippen LogP contribution in [0.5, 0.6) is 0 Å². The summed E-state index contributed by atoms with van der Waals surface area (Å²) in [5.74, 6) is -1.83. The van der Waals surface area contributed by atoms with Crippen molar-refractivity contribution < 1.29 is 19.5 Å². The summed E-state index contributed by atoms with van der Waals surface area (Å²) in [7, 11) is 1.69. The van der Waals surface area contributed by atoms with Crippen LogP contribution in [0.3, 0.4) is 0 Å². The largest absolute Gasteiger partial charge is 0.478 e. The third kappa shape index (κ3) is 4.11. The smallest absolute Gasteiger partial charge is 0.335 e. The van der Waals surface area contributed by atoms with Crippen molar-refractivity contribution in [2.45, 2.75) is 19.0 Å². The molecule has 6 nitrogen and oxygen atoms in total. The van der Waals surface area contributed by atoms with E-state index in [9.17, 15) is 14.4 Å². The van der Waals surface area contributed by atoms with Gasteiger partial charge in [0.1, 0.15) is 0 Å². The second-order valence-corrected chi connectivity index (χ2v) is 6.97. The van der Waals surface area contributed by atoms with Gasteiger partial charge in [0.15, 0.2) is 0 Å². The summed E-state index contributed by atoms with van der Waals surface area (Å²) in [5.41, 5.74) is 1.79. The van der Waals surface area contributed by atoms with E-state index < -0.39 is 11.9 Å².